The first-order chi connectivity index (χ1) is 10.6. The largest absolute Gasteiger partial charge is 0.495 e. The van der Waals surface area contributed by atoms with E-state index in [1.807, 2.05) is 49.5 Å². The number of likely N-dealkylation sites (N-methyl/N-ethyl adjacent to an activating group) is 1. The van der Waals surface area contributed by atoms with E-state index in [2.05, 4.69) is 0 Å². The van der Waals surface area contributed by atoms with Gasteiger partial charge < -0.3 is 9.64 Å². The SMILES string of the molecule is COc1cc2c(cc1Cl)CCN(C)C(=O)C2c1ccccc1. The molecule has 0 N–H and O–H groups in total. The van der Waals surface area contributed by atoms with Gasteiger partial charge in [0.15, 0.2) is 0 Å². The van der Waals surface area contributed by atoms with Crippen molar-refractivity contribution in [3.05, 3.63) is 64.2 Å². The molecule has 2 aromatic carbocycles. The number of nitrogens with zero attached hydrogens (tertiary/aromatic N) is 1. The van der Waals surface area contributed by atoms with Gasteiger partial charge in [0.1, 0.15) is 5.75 Å². The van der Waals surface area contributed by atoms with Crippen molar-refractivity contribution in [2.24, 2.45) is 0 Å². The molecule has 0 aromatic heterocycles. The highest BCUT2D eigenvalue weighted by atomic mass is 35.5. The van der Waals surface area contributed by atoms with Crippen LogP contribution in [0.2, 0.25) is 5.02 Å². The predicted octanol–water partition coefficient (Wildman–Crippen LogP) is 3.50. The third-order valence-corrected chi connectivity index (χ3v) is 4.49. The molecule has 0 radical (unpaired) electrons. The van der Waals surface area contributed by atoms with Crippen LogP contribution in [0.1, 0.15) is 22.6 Å². The molecule has 1 heterocycles. The summed E-state index contributed by atoms with van der Waals surface area (Å²) in [6.45, 7) is 0.692. The minimum absolute atomic E-state index is 0.106. The van der Waals surface area contributed by atoms with Crippen molar-refractivity contribution in [3.8, 4) is 5.75 Å². The zero-order chi connectivity index (χ0) is 15.7. The van der Waals surface area contributed by atoms with Crippen molar-refractivity contribution in [1.29, 1.82) is 0 Å². The monoisotopic (exact) mass is 315 g/mol. The van der Waals surface area contributed by atoms with Crippen LogP contribution >= 0.6 is 11.6 Å². The van der Waals surface area contributed by atoms with E-state index < -0.39 is 0 Å². The standard InChI is InChI=1S/C18H18ClNO2/c1-20-9-8-13-10-15(19)16(22-2)11-14(13)17(18(20)21)12-6-4-3-5-7-12/h3-7,10-11,17H,8-9H2,1-2H3. The second kappa shape index (κ2) is 6.01. The Morgan fingerprint density at radius 1 is 1.23 bits per heavy atom. The first-order valence-corrected chi connectivity index (χ1v) is 7.66. The van der Waals surface area contributed by atoms with E-state index in [0.29, 0.717) is 17.3 Å². The Morgan fingerprint density at radius 2 is 1.95 bits per heavy atom. The van der Waals surface area contributed by atoms with Crippen LogP contribution in [-0.4, -0.2) is 31.5 Å². The van der Waals surface area contributed by atoms with Crippen molar-refractivity contribution in [1.82, 2.24) is 4.90 Å². The molecule has 3 nitrogen and oxygen atoms in total. The van der Waals surface area contributed by atoms with Crippen molar-refractivity contribution in [2.75, 3.05) is 20.7 Å². The molecular formula is C18H18ClNO2. The topological polar surface area (TPSA) is 29.5 Å². The first kappa shape index (κ1) is 14.9. The Hall–Kier alpha value is -2.00. The quantitative estimate of drug-likeness (QED) is 0.849. The van der Waals surface area contributed by atoms with Crippen molar-refractivity contribution >= 4 is 17.5 Å². The molecule has 2 aromatic rings. The Morgan fingerprint density at radius 3 is 2.64 bits per heavy atom. The number of ether oxygens (including phenoxy) is 1. The zero-order valence-corrected chi connectivity index (χ0v) is 13.4. The van der Waals surface area contributed by atoms with Crippen molar-refractivity contribution in [2.45, 2.75) is 12.3 Å². The molecule has 1 atom stereocenters. The third-order valence-electron chi connectivity index (χ3n) is 4.20. The third kappa shape index (κ3) is 2.57. The van der Waals surface area contributed by atoms with E-state index in [-0.39, 0.29) is 11.8 Å². The Bertz CT molecular complexity index is 700. The molecule has 0 saturated heterocycles. The Balaban J connectivity index is 2.20. The average molecular weight is 316 g/mol. The van der Waals surface area contributed by atoms with Crippen LogP contribution in [0.25, 0.3) is 0 Å². The molecule has 0 spiro atoms. The van der Waals surface area contributed by atoms with Gasteiger partial charge in [-0.3, -0.25) is 4.79 Å². The number of hydrogen-bond acceptors (Lipinski definition) is 2. The number of fused-ring (bicyclic) bond motifs is 1. The lowest BCUT2D eigenvalue weighted by Gasteiger charge is -2.22. The number of methoxy groups -OCH3 is 1. The van der Waals surface area contributed by atoms with Crippen LogP contribution in [-0.2, 0) is 11.2 Å². The summed E-state index contributed by atoms with van der Waals surface area (Å²) in [5, 5.41) is 0.588. The van der Waals surface area contributed by atoms with Crippen molar-refractivity contribution < 1.29 is 9.53 Å². The maximum absolute atomic E-state index is 12.8. The first-order valence-electron chi connectivity index (χ1n) is 7.28. The molecule has 0 saturated carbocycles. The Labute approximate surface area is 135 Å². The minimum atomic E-state index is -0.310. The highest BCUT2D eigenvalue weighted by Gasteiger charge is 2.31. The zero-order valence-electron chi connectivity index (χ0n) is 12.7. The lowest BCUT2D eigenvalue weighted by molar-refractivity contribution is -0.130. The maximum atomic E-state index is 12.8. The minimum Gasteiger partial charge on any atom is -0.495 e. The summed E-state index contributed by atoms with van der Waals surface area (Å²) in [7, 11) is 3.44. The van der Waals surface area contributed by atoms with Gasteiger partial charge in [-0.15, -0.1) is 0 Å². The van der Waals surface area contributed by atoms with Gasteiger partial charge in [-0.2, -0.15) is 0 Å². The highest BCUT2D eigenvalue weighted by molar-refractivity contribution is 6.32. The average Bonchev–Trinajstić information content (AvgIpc) is 2.65. The molecule has 0 fully saturated rings. The summed E-state index contributed by atoms with van der Waals surface area (Å²) < 4.78 is 5.34. The molecule has 4 heteroatoms. The summed E-state index contributed by atoms with van der Waals surface area (Å²) >= 11 is 6.26. The van der Waals surface area contributed by atoms with Crippen LogP contribution in [0.5, 0.6) is 5.75 Å². The summed E-state index contributed by atoms with van der Waals surface area (Å²) in [4.78, 5) is 14.6. The fourth-order valence-electron chi connectivity index (χ4n) is 2.97. The maximum Gasteiger partial charge on any atom is 0.234 e. The molecule has 1 unspecified atom stereocenters. The summed E-state index contributed by atoms with van der Waals surface area (Å²) in [5.41, 5.74) is 3.09. The van der Waals surface area contributed by atoms with Crippen molar-refractivity contribution in [3.63, 3.8) is 0 Å². The lowest BCUT2D eigenvalue weighted by Crippen LogP contribution is -2.31. The normalized spacial score (nSPS) is 17.9. The summed E-state index contributed by atoms with van der Waals surface area (Å²) in [6, 6.07) is 13.7. The van der Waals surface area contributed by atoms with Gasteiger partial charge in [-0.1, -0.05) is 41.9 Å². The molecule has 1 amide bonds. The number of rotatable bonds is 2. The number of carbonyl (C=O) groups is 1. The van der Waals surface area contributed by atoms with Gasteiger partial charge in [0.2, 0.25) is 5.91 Å². The van der Waals surface area contributed by atoms with E-state index in [1.165, 1.54) is 0 Å². The smallest absolute Gasteiger partial charge is 0.234 e. The number of amides is 1. The molecule has 1 aliphatic rings. The second-order valence-corrected chi connectivity index (χ2v) is 5.95. The highest BCUT2D eigenvalue weighted by Crippen LogP contribution is 2.37. The van der Waals surface area contributed by atoms with E-state index >= 15 is 0 Å². The molecule has 22 heavy (non-hydrogen) atoms. The number of hydrogen-bond donors (Lipinski definition) is 0. The number of benzene rings is 2. The van der Waals surface area contributed by atoms with Gasteiger partial charge in [0.25, 0.3) is 0 Å². The van der Waals surface area contributed by atoms with Crippen LogP contribution in [0.4, 0.5) is 0 Å². The fourth-order valence-corrected chi connectivity index (χ4v) is 3.23. The van der Waals surface area contributed by atoms with Gasteiger partial charge >= 0.3 is 0 Å². The molecular weight excluding hydrogens is 298 g/mol. The van der Waals surface area contributed by atoms with Gasteiger partial charge in [0, 0.05) is 13.6 Å². The van der Waals surface area contributed by atoms with Crippen LogP contribution in [0.3, 0.4) is 0 Å². The molecule has 114 valence electrons. The predicted molar refractivity (Wildman–Crippen MR) is 87.6 cm³/mol. The van der Waals surface area contributed by atoms with Gasteiger partial charge in [-0.25, -0.2) is 0 Å². The Kier molecular flexibility index (Phi) is 4.08. The molecule has 3 rings (SSSR count). The van der Waals surface area contributed by atoms with Crippen LogP contribution in [0.15, 0.2) is 42.5 Å². The van der Waals surface area contributed by atoms with Crippen LogP contribution in [0, 0.1) is 0 Å². The summed E-state index contributed by atoms with van der Waals surface area (Å²) in [5.74, 6) is 0.405. The fraction of sp³-hybridized carbons (Fsp3) is 0.278. The number of carbonyl (C=O) groups excluding carboxylic acids is 1. The number of halogens is 1. The van der Waals surface area contributed by atoms with Gasteiger partial charge in [-0.05, 0) is 35.2 Å². The van der Waals surface area contributed by atoms with Crippen LogP contribution < -0.4 is 4.74 Å². The van der Waals surface area contributed by atoms with E-state index in [0.717, 1.165) is 23.1 Å². The molecule has 1 aliphatic heterocycles. The van der Waals surface area contributed by atoms with E-state index in [9.17, 15) is 4.79 Å². The molecule has 0 aliphatic carbocycles. The van der Waals surface area contributed by atoms with E-state index in [4.69, 9.17) is 16.3 Å². The van der Waals surface area contributed by atoms with Gasteiger partial charge in [0.05, 0.1) is 18.1 Å². The summed E-state index contributed by atoms with van der Waals surface area (Å²) in [6.07, 6.45) is 0.796. The lowest BCUT2D eigenvalue weighted by atomic mass is 9.87. The van der Waals surface area contributed by atoms with E-state index in [1.54, 1.807) is 12.0 Å². The molecule has 0 bridgehead atoms. The second-order valence-electron chi connectivity index (χ2n) is 5.54.